The Balaban J connectivity index is 1.46. The van der Waals surface area contributed by atoms with Crippen LogP contribution in [0.15, 0.2) is 76.6 Å². The van der Waals surface area contributed by atoms with Crippen LogP contribution in [-0.4, -0.2) is 39.2 Å². The van der Waals surface area contributed by atoms with Gasteiger partial charge in [-0.2, -0.15) is 4.99 Å². The van der Waals surface area contributed by atoms with Crippen LogP contribution in [0.3, 0.4) is 0 Å². The quantitative estimate of drug-likeness (QED) is 0.392. The number of rotatable bonds is 6. The summed E-state index contributed by atoms with van der Waals surface area (Å²) >= 11 is 1.21. The SMILES string of the molecule is COCCn1c(=NC(=O)c2ccc(S(=O)(=O)N3CCc4ccccc43)cc2)sc2cccc(F)c21. The number of benzene rings is 3. The molecule has 0 bridgehead atoms. The highest BCUT2D eigenvalue weighted by Gasteiger charge is 2.30. The van der Waals surface area contributed by atoms with Gasteiger partial charge in [-0.3, -0.25) is 9.10 Å². The number of hydrogen-bond acceptors (Lipinski definition) is 5. The molecule has 0 N–H and O–H groups in total. The van der Waals surface area contributed by atoms with Gasteiger partial charge in [0.2, 0.25) is 0 Å². The van der Waals surface area contributed by atoms with Gasteiger partial charge in [0.15, 0.2) is 4.80 Å². The highest BCUT2D eigenvalue weighted by molar-refractivity contribution is 7.92. The first-order chi connectivity index (χ1) is 16.9. The van der Waals surface area contributed by atoms with Crippen molar-refractivity contribution in [2.75, 3.05) is 24.6 Å². The minimum atomic E-state index is -3.76. The zero-order valence-electron chi connectivity index (χ0n) is 18.8. The fraction of sp³-hybridized carbons (Fsp3) is 0.200. The molecule has 0 spiro atoms. The van der Waals surface area contributed by atoms with Crippen LogP contribution in [0.25, 0.3) is 10.2 Å². The van der Waals surface area contributed by atoms with Crippen LogP contribution in [0, 0.1) is 5.82 Å². The van der Waals surface area contributed by atoms with E-state index in [1.807, 2.05) is 18.2 Å². The van der Waals surface area contributed by atoms with Gasteiger partial charge in [0, 0.05) is 25.8 Å². The van der Waals surface area contributed by atoms with Crippen LogP contribution < -0.4 is 9.11 Å². The lowest BCUT2D eigenvalue weighted by Gasteiger charge is -2.19. The van der Waals surface area contributed by atoms with Crippen LogP contribution in [-0.2, 0) is 27.7 Å². The number of methoxy groups -OCH3 is 1. The molecule has 0 atom stereocenters. The predicted octanol–water partition coefficient (Wildman–Crippen LogP) is 3.98. The highest BCUT2D eigenvalue weighted by Crippen LogP contribution is 2.32. The third-order valence-electron chi connectivity index (χ3n) is 5.90. The van der Waals surface area contributed by atoms with Crippen LogP contribution >= 0.6 is 11.3 Å². The predicted molar refractivity (Wildman–Crippen MR) is 133 cm³/mol. The maximum absolute atomic E-state index is 14.5. The second kappa shape index (κ2) is 9.37. The van der Waals surface area contributed by atoms with Crippen molar-refractivity contribution in [3.05, 3.63) is 88.5 Å². The van der Waals surface area contributed by atoms with Crippen LogP contribution in [0.1, 0.15) is 15.9 Å². The first-order valence-corrected chi connectivity index (χ1v) is 13.2. The summed E-state index contributed by atoms with van der Waals surface area (Å²) in [5.74, 6) is -0.944. The van der Waals surface area contributed by atoms with Crippen molar-refractivity contribution in [2.24, 2.45) is 4.99 Å². The summed E-state index contributed by atoms with van der Waals surface area (Å²) in [5.41, 5.74) is 2.28. The second-order valence-corrected chi connectivity index (χ2v) is 10.9. The maximum Gasteiger partial charge on any atom is 0.279 e. The Labute approximate surface area is 205 Å². The molecular weight excluding hydrogens is 489 g/mol. The van der Waals surface area contributed by atoms with E-state index in [4.69, 9.17) is 4.74 Å². The van der Waals surface area contributed by atoms with E-state index in [2.05, 4.69) is 4.99 Å². The van der Waals surface area contributed by atoms with Crippen molar-refractivity contribution in [3.8, 4) is 0 Å². The number of anilines is 1. The molecule has 180 valence electrons. The topological polar surface area (TPSA) is 81.0 Å². The fourth-order valence-electron chi connectivity index (χ4n) is 4.17. The number of sulfonamides is 1. The molecule has 1 aliphatic rings. The number of para-hydroxylation sites is 2. The number of thiazole rings is 1. The van der Waals surface area contributed by atoms with Crippen molar-refractivity contribution in [2.45, 2.75) is 17.9 Å². The summed E-state index contributed by atoms with van der Waals surface area (Å²) in [7, 11) is -2.21. The minimum Gasteiger partial charge on any atom is -0.383 e. The standard InChI is InChI=1S/C25H22FN3O4S2/c1-33-16-15-28-23-20(26)6-4-8-22(23)34-25(28)27-24(30)18-9-11-19(12-10-18)35(31,32)29-14-13-17-5-2-3-7-21(17)29/h2-12H,13-16H2,1H3. The largest absolute Gasteiger partial charge is 0.383 e. The van der Waals surface area contributed by atoms with E-state index < -0.39 is 21.7 Å². The average Bonchev–Trinajstić information content (AvgIpc) is 3.45. The van der Waals surface area contributed by atoms with Gasteiger partial charge in [-0.1, -0.05) is 35.6 Å². The minimum absolute atomic E-state index is 0.102. The summed E-state index contributed by atoms with van der Waals surface area (Å²) in [5, 5.41) is 0. The van der Waals surface area contributed by atoms with E-state index in [0.717, 1.165) is 5.56 Å². The lowest BCUT2D eigenvalue weighted by molar-refractivity contribution is 0.0997. The van der Waals surface area contributed by atoms with Gasteiger partial charge in [-0.25, -0.2) is 12.8 Å². The molecule has 0 unspecified atom stereocenters. The molecule has 0 aliphatic carbocycles. The number of carbonyl (C=O) groups excluding carboxylic acids is 1. The number of fused-ring (bicyclic) bond motifs is 2. The van der Waals surface area contributed by atoms with Gasteiger partial charge in [0.25, 0.3) is 15.9 Å². The molecule has 0 saturated carbocycles. The summed E-state index contributed by atoms with van der Waals surface area (Å²) < 4.78 is 49.7. The van der Waals surface area contributed by atoms with E-state index >= 15 is 0 Å². The van der Waals surface area contributed by atoms with Crippen molar-refractivity contribution in [1.82, 2.24) is 4.57 Å². The van der Waals surface area contributed by atoms with Crippen LogP contribution in [0.4, 0.5) is 10.1 Å². The zero-order chi connectivity index (χ0) is 24.6. The number of aromatic nitrogens is 1. The molecule has 0 fully saturated rings. The molecule has 2 heterocycles. The first-order valence-electron chi connectivity index (χ1n) is 11.0. The highest BCUT2D eigenvalue weighted by atomic mass is 32.2. The molecule has 7 nitrogen and oxygen atoms in total. The Morgan fingerprint density at radius 3 is 2.63 bits per heavy atom. The van der Waals surface area contributed by atoms with Crippen molar-refractivity contribution >= 4 is 43.2 Å². The monoisotopic (exact) mass is 511 g/mol. The normalized spacial score (nSPS) is 14.0. The van der Waals surface area contributed by atoms with E-state index in [-0.39, 0.29) is 10.5 Å². The second-order valence-electron chi connectivity index (χ2n) is 8.01. The van der Waals surface area contributed by atoms with E-state index in [1.54, 1.807) is 29.9 Å². The van der Waals surface area contributed by atoms with Crippen LogP contribution in [0.2, 0.25) is 0 Å². The maximum atomic E-state index is 14.5. The molecule has 35 heavy (non-hydrogen) atoms. The number of halogens is 1. The van der Waals surface area contributed by atoms with Crippen molar-refractivity contribution < 1.29 is 22.3 Å². The first kappa shape index (κ1) is 23.4. The Morgan fingerprint density at radius 2 is 1.86 bits per heavy atom. The van der Waals surface area contributed by atoms with Gasteiger partial charge in [0.1, 0.15) is 5.82 Å². The molecule has 0 saturated heterocycles. The number of ether oxygens (including phenoxy) is 1. The van der Waals surface area contributed by atoms with Crippen molar-refractivity contribution in [1.29, 1.82) is 0 Å². The van der Waals surface area contributed by atoms with Crippen LogP contribution in [0.5, 0.6) is 0 Å². The summed E-state index contributed by atoms with van der Waals surface area (Å²) in [6, 6.07) is 17.9. The van der Waals surface area contributed by atoms with E-state index in [0.29, 0.717) is 46.8 Å². The summed E-state index contributed by atoms with van der Waals surface area (Å²) in [6.07, 6.45) is 0.656. The fourth-order valence-corrected chi connectivity index (χ4v) is 6.74. The third-order valence-corrected chi connectivity index (χ3v) is 8.77. The Bertz CT molecular complexity index is 1590. The lowest BCUT2D eigenvalue weighted by Crippen LogP contribution is -2.29. The van der Waals surface area contributed by atoms with Crippen molar-refractivity contribution in [3.63, 3.8) is 0 Å². The molecule has 0 radical (unpaired) electrons. The average molecular weight is 512 g/mol. The number of nitrogens with zero attached hydrogens (tertiary/aromatic N) is 3. The van der Waals surface area contributed by atoms with Gasteiger partial charge < -0.3 is 9.30 Å². The zero-order valence-corrected chi connectivity index (χ0v) is 20.5. The van der Waals surface area contributed by atoms with Gasteiger partial charge in [0.05, 0.1) is 27.4 Å². The Morgan fingerprint density at radius 1 is 1.09 bits per heavy atom. The van der Waals surface area contributed by atoms with E-state index in [9.17, 15) is 17.6 Å². The molecule has 1 amide bonds. The smallest absolute Gasteiger partial charge is 0.279 e. The molecule has 3 aromatic carbocycles. The number of carbonyl (C=O) groups is 1. The molecule has 10 heteroatoms. The molecule has 4 aromatic rings. The molecule has 5 rings (SSSR count). The van der Waals surface area contributed by atoms with E-state index in [1.165, 1.54) is 46.0 Å². The molecule has 1 aromatic heterocycles. The Kier molecular flexibility index (Phi) is 6.26. The Hall–Kier alpha value is -3.34. The lowest BCUT2D eigenvalue weighted by atomic mass is 10.2. The molecular formula is C25H22FN3O4S2. The molecule has 1 aliphatic heterocycles. The summed E-state index contributed by atoms with van der Waals surface area (Å²) in [6.45, 7) is 1.04. The third kappa shape index (κ3) is 4.29. The van der Waals surface area contributed by atoms with Gasteiger partial charge >= 0.3 is 0 Å². The van der Waals surface area contributed by atoms with Gasteiger partial charge in [-0.15, -0.1) is 0 Å². The number of amides is 1. The summed E-state index contributed by atoms with van der Waals surface area (Å²) in [4.78, 5) is 17.6. The van der Waals surface area contributed by atoms with Gasteiger partial charge in [-0.05, 0) is 54.4 Å². The number of hydrogen-bond donors (Lipinski definition) is 0.